The lowest BCUT2D eigenvalue weighted by atomic mass is 10.2. The average molecular weight is 408 g/mol. The van der Waals surface area contributed by atoms with Crippen LogP contribution in [0.15, 0.2) is 24.3 Å². The van der Waals surface area contributed by atoms with Crippen LogP contribution in [0.25, 0.3) is 0 Å². The molecule has 8 heteroatoms. The van der Waals surface area contributed by atoms with Crippen LogP contribution in [0.2, 0.25) is 0 Å². The molecule has 0 unspecified atom stereocenters. The van der Waals surface area contributed by atoms with Gasteiger partial charge in [0.25, 0.3) is 0 Å². The van der Waals surface area contributed by atoms with E-state index in [0.717, 1.165) is 31.9 Å². The van der Waals surface area contributed by atoms with Crippen LogP contribution in [0.1, 0.15) is 6.92 Å². The van der Waals surface area contributed by atoms with Gasteiger partial charge in [-0.05, 0) is 31.2 Å². The first kappa shape index (κ1) is 21.8. The van der Waals surface area contributed by atoms with E-state index in [4.69, 9.17) is 14.2 Å². The van der Waals surface area contributed by atoms with Crippen LogP contribution >= 0.6 is 0 Å². The fourth-order valence-corrected chi connectivity index (χ4v) is 4.09. The van der Waals surface area contributed by atoms with Crippen molar-refractivity contribution in [3.05, 3.63) is 24.3 Å². The lowest BCUT2D eigenvalue weighted by Crippen LogP contribution is -2.54. The van der Waals surface area contributed by atoms with Crippen molar-refractivity contribution in [3.63, 3.8) is 0 Å². The van der Waals surface area contributed by atoms with Crippen molar-refractivity contribution in [1.29, 1.82) is 0 Å². The molecule has 0 spiro atoms. The standard InChI is InChI=1S/C21H33N3O5/c1-16-12-23(15-20(29-16)21(26)28-3)14-18(25)13-22-8-10-24(11-9-22)17-4-6-19(27-2)7-5-17/h4-7,16,18,20,25H,8-15H2,1-3H3/t16-,18-,20-/m1/s1. The summed E-state index contributed by atoms with van der Waals surface area (Å²) in [7, 11) is 3.04. The fraction of sp³-hybridized carbons (Fsp3) is 0.667. The third kappa shape index (κ3) is 6.05. The highest BCUT2D eigenvalue weighted by Gasteiger charge is 2.32. The highest BCUT2D eigenvalue weighted by molar-refractivity contribution is 5.75. The van der Waals surface area contributed by atoms with Gasteiger partial charge in [0, 0.05) is 58.0 Å². The van der Waals surface area contributed by atoms with Gasteiger partial charge in [0.2, 0.25) is 0 Å². The summed E-state index contributed by atoms with van der Waals surface area (Å²) < 4.78 is 15.7. The van der Waals surface area contributed by atoms with E-state index in [0.29, 0.717) is 26.2 Å². The van der Waals surface area contributed by atoms with E-state index in [-0.39, 0.29) is 12.1 Å². The van der Waals surface area contributed by atoms with Crippen molar-refractivity contribution in [3.8, 4) is 5.75 Å². The van der Waals surface area contributed by atoms with Gasteiger partial charge in [-0.2, -0.15) is 0 Å². The summed E-state index contributed by atoms with van der Waals surface area (Å²) >= 11 is 0. The Morgan fingerprint density at radius 2 is 1.76 bits per heavy atom. The van der Waals surface area contributed by atoms with E-state index >= 15 is 0 Å². The molecular weight excluding hydrogens is 374 g/mol. The van der Waals surface area contributed by atoms with E-state index in [2.05, 4.69) is 26.8 Å². The first-order valence-electron chi connectivity index (χ1n) is 10.2. The number of methoxy groups -OCH3 is 2. The van der Waals surface area contributed by atoms with E-state index in [1.54, 1.807) is 7.11 Å². The molecule has 0 amide bonds. The molecule has 0 radical (unpaired) electrons. The number of rotatable bonds is 7. The van der Waals surface area contributed by atoms with Crippen LogP contribution in [-0.2, 0) is 14.3 Å². The van der Waals surface area contributed by atoms with Crippen molar-refractivity contribution >= 4 is 11.7 Å². The highest BCUT2D eigenvalue weighted by atomic mass is 16.6. The number of esters is 1. The number of morpholine rings is 1. The molecule has 1 aromatic carbocycles. The van der Waals surface area contributed by atoms with Gasteiger partial charge in [-0.3, -0.25) is 9.80 Å². The third-order valence-electron chi connectivity index (χ3n) is 5.55. The van der Waals surface area contributed by atoms with Crippen LogP contribution < -0.4 is 9.64 Å². The summed E-state index contributed by atoms with van der Waals surface area (Å²) in [5, 5.41) is 10.6. The minimum Gasteiger partial charge on any atom is -0.497 e. The molecule has 3 atom stereocenters. The Kier molecular flexibility index (Phi) is 7.71. The molecule has 29 heavy (non-hydrogen) atoms. The van der Waals surface area contributed by atoms with Crippen molar-refractivity contribution in [2.24, 2.45) is 0 Å². The third-order valence-corrected chi connectivity index (χ3v) is 5.55. The first-order chi connectivity index (χ1) is 14.0. The number of piperazine rings is 1. The fourth-order valence-electron chi connectivity index (χ4n) is 4.09. The minimum absolute atomic E-state index is 0.0620. The number of aliphatic hydroxyl groups excluding tert-OH is 1. The van der Waals surface area contributed by atoms with Crippen LogP contribution in [0.4, 0.5) is 5.69 Å². The number of ether oxygens (including phenoxy) is 3. The summed E-state index contributed by atoms with van der Waals surface area (Å²) in [6.07, 6.45) is -1.11. The van der Waals surface area contributed by atoms with Crippen LogP contribution in [0, 0.1) is 0 Å². The molecule has 1 aromatic rings. The lowest BCUT2D eigenvalue weighted by Gasteiger charge is -2.39. The Bertz CT molecular complexity index is 648. The summed E-state index contributed by atoms with van der Waals surface area (Å²) in [6.45, 7) is 7.93. The number of carbonyl (C=O) groups is 1. The Morgan fingerprint density at radius 1 is 1.10 bits per heavy atom. The molecule has 0 saturated carbocycles. The Morgan fingerprint density at radius 3 is 2.38 bits per heavy atom. The molecule has 8 nitrogen and oxygen atoms in total. The molecular formula is C21H33N3O5. The number of β-amino-alcohol motifs (C(OH)–C–C–N with tert-alkyl or cyclic N) is 1. The van der Waals surface area contributed by atoms with E-state index in [1.165, 1.54) is 12.8 Å². The summed E-state index contributed by atoms with van der Waals surface area (Å²) in [5.74, 6) is 0.507. The predicted molar refractivity (Wildman–Crippen MR) is 110 cm³/mol. The van der Waals surface area contributed by atoms with Gasteiger partial charge in [0.15, 0.2) is 6.10 Å². The van der Waals surface area contributed by atoms with Gasteiger partial charge in [-0.25, -0.2) is 4.79 Å². The van der Waals surface area contributed by atoms with Gasteiger partial charge in [0.05, 0.1) is 26.4 Å². The van der Waals surface area contributed by atoms with Crippen molar-refractivity contribution in [1.82, 2.24) is 9.80 Å². The molecule has 2 aliphatic rings. The zero-order valence-corrected chi connectivity index (χ0v) is 17.6. The molecule has 2 fully saturated rings. The Hall–Kier alpha value is -1.87. The van der Waals surface area contributed by atoms with Gasteiger partial charge in [0.1, 0.15) is 5.75 Å². The van der Waals surface area contributed by atoms with Crippen LogP contribution in [-0.4, -0.2) is 106 Å². The van der Waals surface area contributed by atoms with E-state index < -0.39 is 12.2 Å². The second-order valence-electron chi connectivity index (χ2n) is 7.82. The minimum atomic E-state index is -0.580. The number of aliphatic hydroxyl groups is 1. The van der Waals surface area contributed by atoms with Crippen molar-refractivity contribution < 1.29 is 24.1 Å². The molecule has 2 saturated heterocycles. The topological polar surface area (TPSA) is 74.7 Å². The van der Waals surface area contributed by atoms with Crippen molar-refractivity contribution in [2.75, 3.05) is 71.5 Å². The zero-order valence-electron chi connectivity index (χ0n) is 17.6. The van der Waals surface area contributed by atoms with Crippen LogP contribution in [0.5, 0.6) is 5.75 Å². The maximum Gasteiger partial charge on any atom is 0.336 e. The SMILES string of the molecule is COC(=O)[C@H]1CN(C[C@H](O)CN2CCN(c3ccc(OC)cc3)CC2)C[C@@H](C)O1. The monoisotopic (exact) mass is 407 g/mol. The Balaban J connectivity index is 1.43. The quantitative estimate of drug-likeness (QED) is 0.653. The van der Waals surface area contributed by atoms with Crippen LogP contribution in [0.3, 0.4) is 0 Å². The normalized spacial score (nSPS) is 24.9. The zero-order chi connectivity index (χ0) is 20.8. The van der Waals surface area contributed by atoms with Gasteiger partial charge >= 0.3 is 5.97 Å². The molecule has 2 aliphatic heterocycles. The van der Waals surface area contributed by atoms with E-state index in [9.17, 15) is 9.90 Å². The number of benzene rings is 1. The maximum absolute atomic E-state index is 11.8. The number of hydrogen-bond acceptors (Lipinski definition) is 8. The predicted octanol–water partition coefficient (Wildman–Crippen LogP) is 0.440. The highest BCUT2D eigenvalue weighted by Crippen LogP contribution is 2.20. The molecule has 0 aromatic heterocycles. The van der Waals surface area contributed by atoms with Crippen molar-refractivity contribution in [2.45, 2.75) is 25.2 Å². The van der Waals surface area contributed by atoms with Gasteiger partial charge in [-0.15, -0.1) is 0 Å². The molecule has 0 bridgehead atoms. The summed E-state index contributed by atoms with van der Waals surface area (Å²) in [5.41, 5.74) is 1.20. The Labute approximate surface area is 172 Å². The van der Waals surface area contributed by atoms with Gasteiger partial charge < -0.3 is 24.2 Å². The molecule has 162 valence electrons. The summed E-state index contributed by atoms with van der Waals surface area (Å²) in [6, 6.07) is 8.13. The molecule has 0 aliphatic carbocycles. The molecule has 1 N–H and O–H groups in total. The second kappa shape index (κ2) is 10.2. The van der Waals surface area contributed by atoms with E-state index in [1.807, 2.05) is 19.1 Å². The first-order valence-corrected chi connectivity index (χ1v) is 10.2. The lowest BCUT2D eigenvalue weighted by molar-refractivity contribution is -0.167. The smallest absolute Gasteiger partial charge is 0.336 e. The molecule has 3 rings (SSSR count). The number of hydrogen-bond donors (Lipinski definition) is 1. The number of nitrogens with zero attached hydrogens (tertiary/aromatic N) is 3. The number of anilines is 1. The summed E-state index contributed by atoms with van der Waals surface area (Å²) in [4.78, 5) is 18.5. The maximum atomic E-state index is 11.8. The number of carbonyl (C=O) groups excluding carboxylic acids is 1. The molecule has 2 heterocycles. The second-order valence-corrected chi connectivity index (χ2v) is 7.82. The largest absolute Gasteiger partial charge is 0.497 e. The average Bonchev–Trinajstić information content (AvgIpc) is 2.73. The van der Waals surface area contributed by atoms with Gasteiger partial charge in [-0.1, -0.05) is 0 Å².